The predicted octanol–water partition coefficient (Wildman–Crippen LogP) is 12.0. The lowest BCUT2D eigenvalue weighted by molar-refractivity contribution is -0.870. The molecule has 9 heteroatoms. The number of aliphatic hydroxyl groups is 1. The molecule has 8 nitrogen and oxygen atoms in total. The average Bonchev–Trinajstić information content (AvgIpc) is 3.09. The molecule has 0 aliphatic heterocycles. The summed E-state index contributed by atoms with van der Waals surface area (Å²) in [7, 11) is 1.62. The van der Waals surface area contributed by atoms with Gasteiger partial charge in [0.1, 0.15) is 13.2 Å². The number of hydrogen-bond donors (Lipinski definition) is 3. The van der Waals surface area contributed by atoms with Gasteiger partial charge in [0, 0.05) is 6.42 Å². The lowest BCUT2D eigenvalue weighted by atomic mass is 10.0. The molecule has 52 heavy (non-hydrogen) atoms. The minimum absolute atomic E-state index is 0.0756. The van der Waals surface area contributed by atoms with Crippen LogP contribution in [0, 0.1) is 0 Å². The van der Waals surface area contributed by atoms with Gasteiger partial charge in [-0.15, -0.1) is 0 Å². The zero-order valence-electron chi connectivity index (χ0n) is 35.1. The van der Waals surface area contributed by atoms with Crippen LogP contribution in [0.25, 0.3) is 0 Å². The topological polar surface area (TPSA) is 105 Å². The van der Waals surface area contributed by atoms with Gasteiger partial charge in [-0.2, -0.15) is 0 Å². The molecule has 0 aromatic heterocycles. The molecule has 0 rings (SSSR count). The first-order valence-corrected chi connectivity index (χ1v) is 23.5. The Bertz CT molecular complexity index is 865. The Labute approximate surface area is 322 Å². The molecule has 0 fully saturated rings. The van der Waals surface area contributed by atoms with Crippen molar-refractivity contribution in [3.8, 4) is 0 Å². The minimum atomic E-state index is -4.29. The van der Waals surface area contributed by atoms with Crippen LogP contribution >= 0.6 is 7.82 Å². The molecule has 0 saturated heterocycles. The zero-order chi connectivity index (χ0) is 38.6. The number of hydrogen-bond acceptors (Lipinski definition) is 5. The van der Waals surface area contributed by atoms with Crippen LogP contribution in [-0.4, -0.2) is 73.4 Å². The number of nitrogens with one attached hydrogen (secondary N) is 1. The van der Waals surface area contributed by atoms with Crippen molar-refractivity contribution in [2.75, 3.05) is 40.9 Å². The maximum absolute atomic E-state index is 12.8. The molecule has 0 heterocycles. The fourth-order valence-electron chi connectivity index (χ4n) is 6.45. The summed E-state index contributed by atoms with van der Waals surface area (Å²) in [6.45, 7) is 4.80. The van der Waals surface area contributed by atoms with E-state index in [2.05, 4.69) is 31.3 Å². The van der Waals surface area contributed by atoms with E-state index in [4.69, 9.17) is 9.05 Å². The number of carbonyl (C=O) groups is 1. The third kappa shape index (κ3) is 37.6. The second-order valence-corrected chi connectivity index (χ2v) is 17.9. The summed E-state index contributed by atoms with van der Waals surface area (Å²) >= 11 is 0. The largest absolute Gasteiger partial charge is 0.472 e. The molecule has 3 unspecified atom stereocenters. The fourth-order valence-corrected chi connectivity index (χ4v) is 7.19. The molecule has 3 N–H and O–H groups in total. The second kappa shape index (κ2) is 35.9. The first-order valence-electron chi connectivity index (χ1n) is 22.1. The van der Waals surface area contributed by atoms with Gasteiger partial charge in [-0.3, -0.25) is 13.8 Å². The highest BCUT2D eigenvalue weighted by Crippen LogP contribution is 2.43. The summed E-state index contributed by atoms with van der Waals surface area (Å²) in [6, 6.07) is -0.752. The molecular weight excluding hydrogens is 671 g/mol. The van der Waals surface area contributed by atoms with E-state index in [1.807, 2.05) is 21.1 Å². The third-order valence-electron chi connectivity index (χ3n) is 10.0. The Morgan fingerprint density at radius 1 is 0.635 bits per heavy atom. The number of carbonyl (C=O) groups excluding carboxylic acids is 1. The number of nitrogens with zero attached hydrogens (tertiary/aromatic N) is 1. The van der Waals surface area contributed by atoms with Crippen LogP contribution in [0.5, 0.6) is 0 Å². The van der Waals surface area contributed by atoms with Crippen molar-refractivity contribution in [3.05, 3.63) is 12.2 Å². The maximum atomic E-state index is 12.8. The Morgan fingerprint density at radius 3 is 1.48 bits per heavy atom. The molecule has 0 aliphatic carbocycles. The normalized spacial score (nSPS) is 14.5. The number of phosphoric ester groups is 1. The highest BCUT2D eigenvalue weighted by molar-refractivity contribution is 7.47. The molecule has 0 aliphatic rings. The second-order valence-electron chi connectivity index (χ2n) is 16.4. The fraction of sp³-hybridized carbons (Fsp3) is 0.930. The van der Waals surface area contributed by atoms with Crippen LogP contribution in [0.1, 0.15) is 206 Å². The van der Waals surface area contributed by atoms with E-state index in [-0.39, 0.29) is 19.1 Å². The summed E-state index contributed by atoms with van der Waals surface area (Å²) in [5.41, 5.74) is 0. The lowest BCUT2D eigenvalue weighted by Gasteiger charge is -2.26. The van der Waals surface area contributed by atoms with E-state index in [0.29, 0.717) is 23.9 Å². The summed E-state index contributed by atoms with van der Waals surface area (Å²) in [5.74, 6) is -0.150. The van der Waals surface area contributed by atoms with Crippen molar-refractivity contribution in [2.24, 2.45) is 0 Å². The van der Waals surface area contributed by atoms with Gasteiger partial charge in [0.05, 0.1) is 39.9 Å². The van der Waals surface area contributed by atoms with Crippen molar-refractivity contribution < 1.29 is 32.9 Å². The Morgan fingerprint density at radius 2 is 1.04 bits per heavy atom. The van der Waals surface area contributed by atoms with E-state index < -0.39 is 20.0 Å². The van der Waals surface area contributed by atoms with Gasteiger partial charge in [0.2, 0.25) is 5.91 Å². The third-order valence-corrected chi connectivity index (χ3v) is 11.0. The van der Waals surface area contributed by atoms with E-state index >= 15 is 0 Å². The number of quaternary nitrogens is 1. The van der Waals surface area contributed by atoms with Crippen LogP contribution in [0.2, 0.25) is 0 Å². The van der Waals surface area contributed by atoms with Crippen LogP contribution in [0.15, 0.2) is 12.2 Å². The Kier molecular flexibility index (Phi) is 35.4. The van der Waals surface area contributed by atoms with Gasteiger partial charge in [-0.1, -0.05) is 174 Å². The monoisotopic (exact) mass is 760 g/mol. The number of unbranched alkanes of at least 4 members (excludes halogenated alkanes) is 25. The predicted molar refractivity (Wildman–Crippen MR) is 222 cm³/mol. The van der Waals surface area contributed by atoms with Crippen molar-refractivity contribution >= 4 is 13.7 Å². The van der Waals surface area contributed by atoms with Crippen molar-refractivity contribution in [1.82, 2.24) is 5.32 Å². The lowest BCUT2D eigenvalue weighted by Crippen LogP contribution is -2.46. The minimum Gasteiger partial charge on any atom is -0.391 e. The van der Waals surface area contributed by atoms with E-state index in [1.54, 1.807) is 0 Å². The van der Waals surface area contributed by atoms with Crippen LogP contribution in [0.3, 0.4) is 0 Å². The number of aliphatic hydroxyl groups excluding tert-OH is 1. The summed E-state index contributed by atoms with van der Waals surface area (Å²) in [6.07, 6.45) is 40.1. The van der Waals surface area contributed by atoms with E-state index in [0.717, 1.165) is 51.4 Å². The van der Waals surface area contributed by atoms with Crippen LogP contribution in [0.4, 0.5) is 0 Å². The molecule has 3 atom stereocenters. The summed E-state index contributed by atoms with van der Waals surface area (Å²) in [4.78, 5) is 22.9. The smallest absolute Gasteiger partial charge is 0.391 e. The molecule has 0 aromatic rings. The standard InChI is InChI=1S/C43H87N2O6P/c1-6-8-10-12-13-14-15-16-17-18-19-20-21-22-23-24-25-26-27-28-29-30-31-33-35-37-43(47)44-41(42(46)36-34-32-11-9-7-2)40-51-52(48,49)50-39-38-45(3,4)5/h18-19,41-42,46H,6-17,20-40H2,1-5H3,(H-,44,47,48,49)/p+1/b19-18-. The van der Waals surface area contributed by atoms with Gasteiger partial charge >= 0.3 is 7.82 Å². The molecule has 0 aromatic carbocycles. The molecule has 310 valence electrons. The number of phosphoric acid groups is 1. The van der Waals surface area contributed by atoms with E-state index in [9.17, 15) is 19.4 Å². The molecule has 1 amide bonds. The summed E-state index contributed by atoms with van der Waals surface area (Å²) < 4.78 is 23.4. The van der Waals surface area contributed by atoms with Gasteiger partial charge in [-0.25, -0.2) is 4.57 Å². The first kappa shape index (κ1) is 51.2. The molecule has 0 bridgehead atoms. The summed E-state index contributed by atoms with van der Waals surface area (Å²) in [5, 5.41) is 13.7. The highest BCUT2D eigenvalue weighted by atomic mass is 31.2. The SMILES string of the molecule is CCCCCCCCCC/C=C\CCCCCCCCCCCCCCCC(=O)NC(COP(=O)(O)OCC[N+](C)(C)C)C(O)CCCCCCC. The molecule has 0 saturated carbocycles. The maximum Gasteiger partial charge on any atom is 0.472 e. The van der Waals surface area contributed by atoms with Gasteiger partial charge in [0.15, 0.2) is 0 Å². The Hall–Kier alpha value is -0.760. The first-order chi connectivity index (χ1) is 25.0. The van der Waals surface area contributed by atoms with Crippen molar-refractivity contribution in [3.63, 3.8) is 0 Å². The van der Waals surface area contributed by atoms with Gasteiger partial charge in [0.25, 0.3) is 0 Å². The molecule has 0 spiro atoms. The van der Waals surface area contributed by atoms with Crippen molar-refractivity contribution in [1.29, 1.82) is 0 Å². The van der Waals surface area contributed by atoms with Crippen molar-refractivity contribution in [2.45, 2.75) is 219 Å². The zero-order valence-corrected chi connectivity index (χ0v) is 36.0. The van der Waals surface area contributed by atoms with Crippen LogP contribution < -0.4 is 5.32 Å². The van der Waals surface area contributed by atoms with Gasteiger partial charge < -0.3 is 19.8 Å². The number of likely N-dealkylation sites (N-methyl/N-ethyl adjacent to an activating group) is 1. The van der Waals surface area contributed by atoms with E-state index in [1.165, 1.54) is 128 Å². The van der Waals surface area contributed by atoms with Gasteiger partial charge in [-0.05, 0) is 38.5 Å². The number of allylic oxidation sites excluding steroid dienone is 2. The quantitative estimate of drug-likeness (QED) is 0.0249. The number of amides is 1. The molecule has 0 radical (unpaired) electrons. The van der Waals surface area contributed by atoms with Crippen LogP contribution in [-0.2, 0) is 18.4 Å². The average molecular weight is 760 g/mol. The molecular formula is C43H88N2O6P+. The highest BCUT2D eigenvalue weighted by Gasteiger charge is 2.28. The Balaban J connectivity index is 3.95. The number of rotatable bonds is 40.